The molecular formula is C12H16ClNO4S. The Morgan fingerprint density at radius 1 is 1.53 bits per heavy atom. The molecule has 1 N–H and O–H groups in total. The van der Waals surface area contributed by atoms with Crippen LogP contribution in [0.15, 0.2) is 23.1 Å². The number of ether oxygens (including phenoxy) is 1. The smallest absolute Gasteiger partial charge is 0.243 e. The van der Waals surface area contributed by atoms with Crippen LogP contribution in [-0.2, 0) is 14.8 Å². The standard InChI is InChI=1S/C12H16ClNO4S/c1-9-2-3-10(13)6-12(9)19(16,17)14-4-5-18-8-11(14)7-15/h2-3,6,11,15H,4-5,7-8H2,1H3. The lowest BCUT2D eigenvalue weighted by Gasteiger charge is -2.33. The van der Waals surface area contributed by atoms with Gasteiger partial charge < -0.3 is 9.84 Å². The summed E-state index contributed by atoms with van der Waals surface area (Å²) in [6.07, 6.45) is 0. The number of nitrogens with zero attached hydrogens (tertiary/aromatic N) is 1. The van der Waals surface area contributed by atoms with Gasteiger partial charge in [0.05, 0.1) is 30.8 Å². The number of rotatable bonds is 3. The molecule has 0 aliphatic carbocycles. The highest BCUT2D eigenvalue weighted by atomic mass is 35.5. The lowest BCUT2D eigenvalue weighted by Crippen LogP contribution is -2.50. The van der Waals surface area contributed by atoms with Gasteiger partial charge in [-0.25, -0.2) is 8.42 Å². The molecule has 1 aliphatic rings. The van der Waals surface area contributed by atoms with Crippen molar-refractivity contribution in [1.29, 1.82) is 0 Å². The van der Waals surface area contributed by atoms with Crippen LogP contribution in [0.25, 0.3) is 0 Å². The summed E-state index contributed by atoms with van der Waals surface area (Å²) in [4.78, 5) is 0.181. The predicted molar refractivity (Wildman–Crippen MR) is 71.8 cm³/mol. The van der Waals surface area contributed by atoms with Crippen LogP contribution in [0.4, 0.5) is 0 Å². The Morgan fingerprint density at radius 3 is 2.95 bits per heavy atom. The first-order valence-corrected chi connectivity index (χ1v) is 7.75. The summed E-state index contributed by atoms with van der Waals surface area (Å²) in [6, 6.07) is 4.22. The largest absolute Gasteiger partial charge is 0.395 e. The van der Waals surface area contributed by atoms with Crippen molar-refractivity contribution in [3.8, 4) is 0 Å². The molecule has 0 aromatic heterocycles. The summed E-state index contributed by atoms with van der Waals surface area (Å²) >= 11 is 5.88. The van der Waals surface area contributed by atoms with Gasteiger partial charge >= 0.3 is 0 Å². The number of aliphatic hydroxyl groups is 1. The lowest BCUT2D eigenvalue weighted by molar-refractivity contribution is 0.0109. The normalized spacial score (nSPS) is 21.5. The molecule has 7 heteroatoms. The molecule has 1 heterocycles. The highest BCUT2D eigenvalue weighted by Gasteiger charge is 2.34. The van der Waals surface area contributed by atoms with Gasteiger partial charge in [-0.1, -0.05) is 17.7 Å². The van der Waals surface area contributed by atoms with Crippen molar-refractivity contribution in [3.05, 3.63) is 28.8 Å². The second-order valence-electron chi connectivity index (χ2n) is 4.44. The van der Waals surface area contributed by atoms with Gasteiger partial charge in [0, 0.05) is 11.6 Å². The van der Waals surface area contributed by atoms with Crippen molar-refractivity contribution in [2.75, 3.05) is 26.4 Å². The first-order chi connectivity index (χ1) is 8.96. The van der Waals surface area contributed by atoms with E-state index >= 15 is 0 Å². The van der Waals surface area contributed by atoms with Gasteiger partial charge in [0.2, 0.25) is 10.0 Å². The zero-order valence-corrected chi connectivity index (χ0v) is 12.1. The van der Waals surface area contributed by atoms with Crippen LogP contribution in [0.5, 0.6) is 0 Å². The van der Waals surface area contributed by atoms with Gasteiger partial charge in [-0.2, -0.15) is 4.31 Å². The Morgan fingerprint density at radius 2 is 2.26 bits per heavy atom. The Kier molecular flexibility index (Phi) is 4.47. The average molecular weight is 306 g/mol. The van der Waals surface area contributed by atoms with Crippen LogP contribution >= 0.6 is 11.6 Å². The van der Waals surface area contributed by atoms with E-state index in [9.17, 15) is 13.5 Å². The molecule has 1 atom stereocenters. The fraction of sp³-hybridized carbons (Fsp3) is 0.500. The number of aryl methyl sites for hydroxylation is 1. The molecular weight excluding hydrogens is 290 g/mol. The number of aliphatic hydroxyl groups excluding tert-OH is 1. The van der Waals surface area contributed by atoms with Crippen LogP contribution in [0, 0.1) is 6.92 Å². The second-order valence-corrected chi connectivity index (χ2v) is 6.73. The second kappa shape index (κ2) is 5.76. The molecule has 1 unspecified atom stereocenters. The Hall–Kier alpha value is -0.660. The first-order valence-electron chi connectivity index (χ1n) is 5.93. The topological polar surface area (TPSA) is 66.8 Å². The Balaban J connectivity index is 2.43. The van der Waals surface area contributed by atoms with Gasteiger partial charge in [-0.05, 0) is 24.6 Å². The maximum atomic E-state index is 12.6. The molecule has 1 saturated heterocycles. The number of halogens is 1. The highest BCUT2D eigenvalue weighted by Crippen LogP contribution is 2.26. The summed E-state index contributed by atoms with van der Waals surface area (Å²) in [6.45, 7) is 2.22. The molecule has 19 heavy (non-hydrogen) atoms. The van der Waals surface area contributed by atoms with Crippen LogP contribution in [-0.4, -0.2) is 50.2 Å². The Bertz CT molecular complexity index is 561. The molecule has 0 bridgehead atoms. The van der Waals surface area contributed by atoms with Crippen molar-refractivity contribution in [3.63, 3.8) is 0 Å². The minimum Gasteiger partial charge on any atom is -0.395 e. The van der Waals surface area contributed by atoms with E-state index in [0.717, 1.165) is 0 Å². The molecule has 0 amide bonds. The van der Waals surface area contributed by atoms with Gasteiger partial charge in [0.15, 0.2) is 0 Å². The summed E-state index contributed by atoms with van der Waals surface area (Å²) in [5.74, 6) is 0. The van der Waals surface area contributed by atoms with Crippen molar-refractivity contribution >= 4 is 21.6 Å². The van der Waals surface area contributed by atoms with E-state index in [1.807, 2.05) is 0 Å². The van der Waals surface area contributed by atoms with Crippen molar-refractivity contribution in [1.82, 2.24) is 4.31 Å². The molecule has 0 saturated carbocycles. The van der Waals surface area contributed by atoms with E-state index in [1.165, 1.54) is 10.4 Å². The predicted octanol–water partition coefficient (Wildman–Crippen LogP) is 1.03. The Labute approximate surface area is 117 Å². The van der Waals surface area contributed by atoms with E-state index in [4.69, 9.17) is 16.3 Å². The minimum atomic E-state index is -3.67. The van der Waals surface area contributed by atoms with E-state index in [-0.39, 0.29) is 24.7 Å². The summed E-state index contributed by atoms with van der Waals surface area (Å²) in [7, 11) is -3.67. The van der Waals surface area contributed by atoms with E-state index in [0.29, 0.717) is 17.2 Å². The average Bonchev–Trinajstić information content (AvgIpc) is 2.41. The number of sulfonamides is 1. The third-order valence-corrected chi connectivity index (χ3v) is 5.45. The van der Waals surface area contributed by atoms with E-state index in [2.05, 4.69) is 0 Å². The number of hydrogen-bond acceptors (Lipinski definition) is 4. The maximum absolute atomic E-state index is 12.6. The molecule has 1 fully saturated rings. The SMILES string of the molecule is Cc1ccc(Cl)cc1S(=O)(=O)N1CCOCC1CO. The molecule has 1 aromatic rings. The van der Waals surface area contributed by atoms with Crippen molar-refractivity contribution in [2.45, 2.75) is 17.9 Å². The number of morpholine rings is 1. The quantitative estimate of drug-likeness (QED) is 0.906. The fourth-order valence-electron chi connectivity index (χ4n) is 2.08. The van der Waals surface area contributed by atoms with Gasteiger partial charge in [0.25, 0.3) is 0 Å². The van der Waals surface area contributed by atoms with Gasteiger partial charge in [0.1, 0.15) is 0 Å². The third kappa shape index (κ3) is 2.93. The number of hydrogen-bond donors (Lipinski definition) is 1. The van der Waals surface area contributed by atoms with Crippen LogP contribution in [0.2, 0.25) is 5.02 Å². The van der Waals surface area contributed by atoms with E-state index in [1.54, 1.807) is 19.1 Å². The maximum Gasteiger partial charge on any atom is 0.243 e. The van der Waals surface area contributed by atoms with Gasteiger partial charge in [-0.3, -0.25) is 0 Å². The zero-order valence-electron chi connectivity index (χ0n) is 10.5. The minimum absolute atomic E-state index is 0.181. The number of benzene rings is 1. The third-order valence-electron chi connectivity index (χ3n) is 3.12. The highest BCUT2D eigenvalue weighted by molar-refractivity contribution is 7.89. The molecule has 1 aromatic carbocycles. The first kappa shape index (κ1) is 14.7. The summed E-state index contributed by atoms with van der Waals surface area (Å²) in [5.41, 5.74) is 0.632. The molecule has 106 valence electrons. The van der Waals surface area contributed by atoms with Crippen molar-refractivity contribution in [2.24, 2.45) is 0 Å². The van der Waals surface area contributed by atoms with Crippen LogP contribution < -0.4 is 0 Å². The summed E-state index contributed by atoms with van der Waals surface area (Å²) < 4.78 is 31.7. The lowest BCUT2D eigenvalue weighted by atomic mass is 10.2. The fourth-order valence-corrected chi connectivity index (χ4v) is 4.15. The summed E-state index contributed by atoms with van der Waals surface area (Å²) in [5, 5.41) is 9.66. The van der Waals surface area contributed by atoms with Crippen LogP contribution in [0.3, 0.4) is 0 Å². The van der Waals surface area contributed by atoms with Gasteiger partial charge in [-0.15, -0.1) is 0 Å². The molecule has 5 nitrogen and oxygen atoms in total. The molecule has 0 radical (unpaired) electrons. The molecule has 2 rings (SSSR count). The van der Waals surface area contributed by atoms with Crippen LogP contribution in [0.1, 0.15) is 5.56 Å². The van der Waals surface area contributed by atoms with Crippen molar-refractivity contribution < 1.29 is 18.3 Å². The van der Waals surface area contributed by atoms with E-state index < -0.39 is 16.1 Å². The monoisotopic (exact) mass is 305 g/mol. The zero-order chi connectivity index (χ0) is 14.0. The molecule has 1 aliphatic heterocycles. The molecule has 0 spiro atoms.